The summed E-state index contributed by atoms with van der Waals surface area (Å²) >= 11 is 1.54. The van der Waals surface area contributed by atoms with Crippen LogP contribution in [0.2, 0.25) is 0 Å². The van der Waals surface area contributed by atoms with Gasteiger partial charge < -0.3 is 9.47 Å². The SMILES string of the molecule is COc1cc2c(cc1OC)CN(CCNC(=O)c1cc([211At])ccc1OC)CC2. The van der Waals surface area contributed by atoms with Crippen LogP contribution >= 0.6 is 0 Å². The molecule has 0 saturated heterocycles. The van der Waals surface area contributed by atoms with Crippen molar-refractivity contribution in [2.45, 2.75) is 13.0 Å². The summed E-state index contributed by atoms with van der Waals surface area (Å²) in [6, 6.07) is 9.80. The zero-order chi connectivity index (χ0) is 20.1. The molecule has 0 aromatic heterocycles. The van der Waals surface area contributed by atoms with Crippen LogP contribution in [0.25, 0.3) is 0 Å². The number of nitrogens with zero attached hydrogens (tertiary/aromatic N) is 1. The number of benzene rings is 2. The first-order valence-corrected chi connectivity index (χ1v) is 10.6. The van der Waals surface area contributed by atoms with Crippen molar-refractivity contribution in [1.29, 1.82) is 0 Å². The van der Waals surface area contributed by atoms with Crippen molar-refractivity contribution in [1.82, 2.24) is 10.2 Å². The average molecular weight is 580 g/mol. The van der Waals surface area contributed by atoms with Gasteiger partial charge in [-0.15, -0.1) is 0 Å². The van der Waals surface area contributed by atoms with E-state index in [9.17, 15) is 4.79 Å². The van der Waals surface area contributed by atoms with Crippen molar-refractivity contribution >= 4 is 9.18 Å². The van der Waals surface area contributed by atoms with Gasteiger partial charge in [0.05, 0.1) is 14.2 Å². The molecule has 0 atom stereocenters. The summed E-state index contributed by atoms with van der Waals surface area (Å²) in [6.07, 6.45) is 0.956. The first-order chi connectivity index (χ1) is 13.5. The Balaban J connectivity index is 1.58. The molecule has 0 unspecified atom stereocenters. The Morgan fingerprint density at radius 3 is 2.39 bits per heavy atom. The molecule has 0 aliphatic carbocycles. The van der Waals surface area contributed by atoms with E-state index in [-0.39, 0.29) is 5.91 Å². The van der Waals surface area contributed by atoms with Crippen molar-refractivity contribution in [3.63, 3.8) is 0 Å². The third kappa shape index (κ3) is 4.76. The quantitative estimate of drug-likeness (QED) is 0.541. The average Bonchev–Trinajstić information content (AvgIpc) is 2.72. The molecule has 2 aromatic carbocycles. The summed E-state index contributed by atoms with van der Waals surface area (Å²) in [5, 5.41) is 3.01. The van der Waals surface area contributed by atoms with E-state index in [0.29, 0.717) is 17.9 Å². The van der Waals surface area contributed by atoms with Gasteiger partial charge in [0, 0.05) is 0 Å². The number of carbonyl (C=O) groups is 1. The van der Waals surface area contributed by atoms with E-state index >= 15 is 0 Å². The summed E-state index contributed by atoms with van der Waals surface area (Å²) in [6.45, 7) is 3.16. The van der Waals surface area contributed by atoms with Crippen LogP contribution in [0.5, 0.6) is 17.2 Å². The molecule has 1 aliphatic heterocycles. The molecule has 150 valence electrons. The number of carbonyl (C=O) groups excluding carboxylic acids is 1. The minimum absolute atomic E-state index is 0.0982. The number of hydrogen-bond donors (Lipinski definition) is 1. The van der Waals surface area contributed by atoms with Gasteiger partial charge in [-0.25, -0.2) is 0 Å². The summed E-state index contributed by atoms with van der Waals surface area (Å²) < 4.78 is 17.2. The molecule has 0 spiro atoms. The van der Waals surface area contributed by atoms with Crippen LogP contribution in [-0.2, 0) is 13.0 Å². The molecule has 0 saturated carbocycles. The Hall–Kier alpha value is -1.85. The first kappa shape index (κ1) is 20.9. The molecule has 0 bridgehead atoms. The van der Waals surface area contributed by atoms with Gasteiger partial charge in [-0.1, -0.05) is 0 Å². The van der Waals surface area contributed by atoms with Gasteiger partial charge in [0.2, 0.25) is 0 Å². The number of rotatable bonds is 7. The Morgan fingerprint density at radius 1 is 1.04 bits per heavy atom. The van der Waals surface area contributed by atoms with Crippen molar-refractivity contribution < 1.29 is 43.7 Å². The molecule has 3 rings (SSSR count). The van der Waals surface area contributed by atoms with E-state index in [0.717, 1.165) is 40.8 Å². The number of hydrogen-bond acceptors (Lipinski definition) is 5. The van der Waals surface area contributed by atoms with E-state index in [1.54, 1.807) is 21.3 Å². The summed E-state index contributed by atoms with van der Waals surface area (Å²) in [5.74, 6) is 2.03. The molecule has 2 aromatic rings. The van der Waals surface area contributed by atoms with E-state index in [2.05, 4.69) is 22.3 Å². The van der Waals surface area contributed by atoms with Crippen LogP contribution in [0.4, 0.5) is 0 Å². The second-order valence-electron chi connectivity index (χ2n) is 6.60. The second kappa shape index (κ2) is 9.57. The minimum atomic E-state index is -0.0982. The molecule has 0 radical (unpaired) electrons. The van der Waals surface area contributed by atoms with Crippen LogP contribution in [0.15, 0.2) is 30.3 Å². The Kier molecular flexibility index (Phi) is 7.14. The van der Waals surface area contributed by atoms with Crippen molar-refractivity contribution in [2.24, 2.45) is 0 Å². The van der Waals surface area contributed by atoms with Crippen molar-refractivity contribution in [3.05, 3.63) is 47.0 Å². The number of fused-ring (bicyclic) bond motifs is 1. The van der Waals surface area contributed by atoms with Crippen LogP contribution in [-0.4, -0.2) is 51.8 Å². The molecular weight excluding hydrogens is 555 g/mol. The molecule has 6 nitrogen and oxygen atoms in total. The first-order valence-electron chi connectivity index (χ1n) is 9.13. The van der Waals surface area contributed by atoms with Gasteiger partial charge in [0.15, 0.2) is 5.75 Å². The van der Waals surface area contributed by atoms with E-state index < -0.39 is 0 Å². The van der Waals surface area contributed by atoms with Crippen molar-refractivity contribution in [3.8, 4) is 17.2 Å². The Labute approximate surface area is 181 Å². The van der Waals surface area contributed by atoms with E-state index in [4.69, 9.17) is 14.2 Å². The standard InChI is InChI=1S/C21H25AtN2O4/c1-26-18-5-4-16(22)12-17(18)21(25)23-7-9-24-8-6-14-10-19(27-2)20(28-3)11-15(14)13-24/h4-5,10-12H,6-9,13H2,1-3H3,(H,23,25)/i22+1. The number of amides is 1. The fourth-order valence-corrected chi connectivity index (χ4v) is 4.08. The summed E-state index contributed by atoms with van der Waals surface area (Å²) in [5.41, 5.74) is 3.13. The van der Waals surface area contributed by atoms with E-state index in [1.807, 2.05) is 18.2 Å². The summed E-state index contributed by atoms with van der Waals surface area (Å²) in [4.78, 5) is 14.9. The number of methoxy groups -OCH3 is 3. The van der Waals surface area contributed by atoms with Crippen LogP contribution in [0.3, 0.4) is 0 Å². The number of ether oxygens (including phenoxy) is 3. The van der Waals surface area contributed by atoms with Gasteiger partial charge in [-0.2, -0.15) is 0 Å². The van der Waals surface area contributed by atoms with Gasteiger partial charge in [-0.3, -0.25) is 0 Å². The maximum absolute atomic E-state index is 12.5. The second-order valence-corrected chi connectivity index (χ2v) is 8.30. The van der Waals surface area contributed by atoms with Gasteiger partial charge >= 0.3 is 152 Å². The molecule has 1 heterocycles. The predicted molar refractivity (Wildman–Crippen MR) is 103 cm³/mol. The normalized spacial score (nSPS) is 13.6. The predicted octanol–water partition coefficient (Wildman–Crippen LogP) is 1.68. The third-order valence-corrected chi connectivity index (χ3v) is 5.83. The van der Waals surface area contributed by atoms with Gasteiger partial charge in [0.1, 0.15) is 0 Å². The zero-order valence-corrected chi connectivity index (χ0v) is 19.3. The maximum atomic E-state index is 12.5. The Morgan fingerprint density at radius 2 is 1.71 bits per heavy atom. The van der Waals surface area contributed by atoms with Crippen LogP contribution < -0.4 is 22.8 Å². The van der Waals surface area contributed by atoms with Crippen LogP contribution in [0, 0.1) is 24.7 Å². The Bertz CT molecular complexity index is 857. The van der Waals surface area contributed by atoms with Crippen LogP contribution in [0.1, 0.15) is 21.5 Å². The zero-order valence-electron chi connectivity index (χ0n) is 16.4. The molecule has 1 N–H and O–H groups in total. The molecular formula is C21H25AtN2O4. The molecule has 1 amide bonds. The molecule has 0 fully saturated rings. The number of nitrogens with one attached hydrogen (secondary N) is 1. The monoisotopic (exact) mass is 580 g/mol. The molecule has 28 heavy (non-hydrogen) atoms. The topological polar surface area (TPSA) is 60.0 Å². The summed E-state index contributed by atoms with van der Waals surface area (Å²) in [7, 11) is 4.90. The van der Waals surface area contributed by atoms with Gasteiger partial charge in [0.25, 0.3) is 0 Å². The fraction of sp³-hybridized carbons (Fsp3) is 0.381. The molecule has 7 heteroatoms. The van der Waals surface area contributed by atoms with Crippen molar-refractivity contribution in [2.75, 3.05) is 41.0 Å². The molecule has 1 aliphatic rings. The third-order valence-electron chi connectivity index (χ3n) is 4.92. The van der Waals surface area contributed by atoms with Gasteiger partial charge in [-0.05, 0) is 0 Å². The van der Waals surface area contributed by atoms with E-state index in [1.165, 1.54) is 35.8 Å². The fourth-order valence-electron chi connectivity index (χ4n) is 3.41.